The summed E-state index contributed by atoms with van der Waals surface area (Å²) in [5.41, 5.74) is 1.06. The van der Waals surface area contributed by atoms with Crippen LogP contribution >= 0.6 is 0 Å². The van der Waals surface area contributed by atoms with Crippen molar-refractivity contribution in [3.63, 3.8) is 0 Å². The summed E-state index contributed by atoms with van der Waals surface area (Å²) in [5, 5.41) is 5.04. The fourth-order valence-electron chi connectivity index (χ4n) is 1.44. The molecule has 0 spiro atoms. The van der Waals surface area contributed by atoms with Crippen molar-refractivity contribution in [2.24, 2.45) is 0 Å². The average molecular weight is 266 g/mol. The van der Waals surface area contributed by atoms with E-state index < -0.39 is 12.0 Å². The van der Waals surface area contributed by atoms with Gasteiger partial charge in [-0.25, -0.2) is 4.79 Å². The molecule has 0 unspecified atom stereocenters. The van der Waals surface area contributed by atoms with Crippen LogP contribution in [-0.2, 0) is 16.0 Å². The Hall–Kier alpha value is -2.24. The van der Waals surface area contributed by atoms with Crippen LogP contribution < -0.4 is 15.4 Å². The van der Waals surface area contributed by atoms with Crippen LogP contribution in [0.25, 0.3) is 0 Å². The lowest BCUT2D eigenvalue weighted by Gasteiger charge is -2.07. The van der Waals surface area contributed by atoms with Gasteiger partial charge in [0, 0.05) is 6.54 Å². The van der Waals surface area contributed by atoms with Crippen LogP contribution in [0.15, 0.2) is 24.3 Å². The minimum absolute atomic E-state index is 0.137. The highest BCUT2D eigenvalue weighted by molar-refractivity contribution is 5.80. The van der Waals surface area contributed by atoms with E-state index in [1.807, 2.05) is 24.3 Å². The van der Waals surface area contributed by atoms with Crippen molar-refractivity contribution in [1.82, 2.24) is 10.6 Å². The van der Waals surface area contributed by atoms with Crippen molar-refractivity contribution in [2.45, 2.75) is 6.42 Å². The molecular formula is C13H18N2O4. The first-order chi connectivity index (χ1) is 9.15. The summed E-state index contributed by atoms with van der Waals surface area (Å²) < 4.78 is 9.51. The highest BCUT2D eigenvalue weighted by atomic mass is 16.5. The summed E-state index contributed by atoms with van der Waals surface area (Å²) in [6, 6.07) is 7.23. The Morgan fingerprint density at radius 2 is 2.00 bits per heavy atom. The van der Waals surface area contributed by atoms with Crippen LogP contribution in [0.5, 0.6) is 5.75 Å². The topological polar surface area (TPSA) is 76.7 Å². The maximum atomic E-state index is 11.3. The summed E-state index contributed by atoms with van der Waals surface area (Å²) in [6.45, 7) is 0.335. The Morgan fingerprint density at radius 1 is 1.21 bits per heavy atom. The Kier molecular flexibility index (Phi) is 6.21. The van der Waals surface area contributed by atoms with E-state index >= 15 is 0 Å². The van der Waals surface area contributed by atoms with Crippen LogP contribution in [-0.4, -0.2) is 39.3 Å². The van der Waals surface area contributed by atoms with E-state index in [1.54, 1.807) is 7.11 Å². The SMILES string of the molecule is COC(=O)CNC(=O)NCCc1cccc(OC)c1. The zero-order chi connectivity index (χ0) is 14.1. The lowest BCUT2D eigenvalue weighted by atomic mass is 10.1. The van der Waals surface area contributed by atoms with Crippen molar-refractivity contribution < 1.29 is 19.1 Å². The molecule has 19 heavy (non-hydrogen) atoms. The number of rotatable bonds is 6. The number of nitrogens with one attached hydrogen (secondary N) is 2. The number of amides is 2. The number of carbonyl (C=O) groups excluding carboxylic acids is 2. The molecule has 1 aromatic rings. The third-order valence-electron chi connectivity index (χ3n) is 2.45. The molecule has 0 bridgehead atoms. The van der Waals surface area contributed by atoms with E-state index in [0.29, 0.717) is 13.0 Å². The van der Waals surface area contributed by atoms with Gasteiger partial charge < -0.3 is 20.1 Å². The minimum atomic E-state index is -0.483. The number of benzene rings is 1. The first-order valence-electron chi connectivity index (χ1n) is 5.87. The number of hydrogen-bond donors (Lipinski definition) is 2. The Balaban J connectivity index is 2.25. The van der Waals surface area contributed by atoms with Gasteiger partial charge in [0.15, 0.2) is 0 Å². The van der Waals surface area contributed by atoms with E-state index in [-0.39, 0.29) is 6.54 Å². The quantitative estimate of drug-likeness (QED) is 0.743. The molecule has 1 aromatic carbocycles. The van der Waals surface area contributed by atoms with Gasteiger partial charge in [-0.05, 0) is 24.1 Å². The molecule has 6 heteroatoms. The lowest BCUT2D eigenvalue weighted by Crippen LogP contribution is -2.39. The predicted molar refractivity (Wildman–Crippen MR) is 70.1 cm³/mol. The number of esters is 1. The van der Waals surface area contributed by atoms with Gasteiger partial charge in [0.05, 0.1) is 14.2 Å². The normalized spacial score (nSPS) is 9.58. The number of hydrogen-bond acceptors (Lipinski definition) is 4. The third kappa shape index (κ3) is 5.76. The van der Waals surface area contributed by atoms with Crippen molar-refractivity contribution in [1.29, 1.82) is 0 Å². The van der Waals surface area contributed by atoms with Crippen molar-refractivity contribution in [3.8, 4) is 5.75 Å². The number of ether oxygens (including phenoxy) is 2. The van der Waals surface area contributed by atoms with Crippen LogP contribution in [0, 0.1) is 0 Å². The van der Waals surface area contributed by atoms with Crippen LogP contribution in [0.1, 0.15) is 5.56 Å². The number of urea groups is 1. The zero-order valence-corrected chi connectivity index (χ0v) is 11.1. The molecule has 6 nitrogen and oxygen atoms in total. The van der Waals surface area contributed by atoms with E-state index in [1.165, 1.54) is 7.11 Å². The third-order valence-corrected chi connectivity index (χ3v) is 2.45. The largest absolute Gasteiger partial charge is 0.497 e. The molecule has 0 saturated carbocycles. The first-order valence-corrected chi connectivity index (χ1v) is 5.87. The van der Waals surface area contributed by atoms with E-state index in [4.69, 9.17) is 4.74 Å². The van der Waals surface area contributed by atoms with Gasteiger partial charge in [-0.3, -0.25) is 4.79 Å². The molecule has 0 aliphatic heterocycles. The molecule has 104 valence electrons. The summed E-state index contributed by atoms with van der Waals surface area (Å²) in [7, 11) is 2.88. The van der Waals surface area contributed by atoms with Gasteiger partial charge in [-0.1, -0.05) is 12.1 Å². The molecule has 0 saturated heterocycles. The highest BCUT2D eigenvalue weighted by Gasteiger charge is 2.04. The first kappa shape index (κ1) is 14.8. The Labute approximate surface area is 112 Å². The molecule has 2 amide bonds. The van der Waals surface area contributed by atoms with Crippen LogP contribution in [0.4, 0.5) is 4.79 Å². The molecule has 0 fully saturated rings. The Morgan fingerprint density at radius 3 is 2.68 bits per heavy atom. The number of methoxy groups -OCH3 is 2. The zero-order valence-electron chi connectivity index (χ0n) is 11.1. The minimum Gasteiger partial charge on any atom is -0.497 e. The molecular weight excluding hydrogens is 248 g/mol. The molecule has 0 atom stereocenters. The van der Waals surface area contributed by atoms with Gasteiger partial charge in [-0.2, -0.15) is 0 Å². The van der Waals surface area contributed by atoms with Gasteiger partial charge in [0.1, 0.15) is 12.3 Å². The fraction of sp³-hybridized carbons (Fsp3) is 0.385. The second kappa shape index (κ2) is 7.97. The summed E-state index contributed by atoms with van der Waals surface area (Å²) >= 11 is 0. The molecule has 0 aromatic heterocycles. The maximum Gasteiger partial charge on any atom is 0.325 e. The standard InChI is InChI=1S/C13H18N2O4/c1-18-11-5-3-4-10(8-11)6-7-14-13(17)15-9-12(16)19-2/h3-5,8H,6-7,9H2,1-2H3,(H2,14,15,17). The predicted octanol–water partition coefficient (Wildman–Crippen LogP) is 0.710. The fourth-order valence-corrected chi connectivity index (χ4v) is 1.44. The number of carbonyl (C=O) groups is 2. The molecule has 0 aliphatic rings. The van der Waals surface area contributed by atoms with Crippen molar-refractivity contribution >= 4 is 12.0 Å². The van der Waals surface area contributed by atoms with Crippen molar-refractivity contribution in [2.75, 3.05) is 27.3 Å². The van der Waals surface area contributed by atoms with Gasteiger partial charge in [0.2, 0.25) is 0 Å². The van der Waals surface area contributed by atoms with Gasteiger partial charge >= 0.3 is 12.0 Å². The molecule has 1 rings (SSSR count). The van der Waals surface area contributed by atoms with E-state index in [2.05, 4.69) is 15.4 Å². The molecule has 0 radical (unpaired) electrons. The molecule has 0 heterocycles. The average Bonchev–Trinajstić information content (AvgIpc) is 2.45. The maximum absolute atomic E-state index is 11.3. The summed E-state index contributed by atoms with van der Waals surface area (Å²) in [5.74, 6) is 0.301. The van der Waals surface area contributed by atoms with Gasteiger partial charge in [0.25, 0.3) is 0 Å². The summed E-state index contributed by atoms with van der Waals surface area (Å²) in [6.07, 6.45) is 0.683. The Bertz CT molecular complexity index is 434. The smallest absolute Gasteiger partial charge is 0.325 e. The van der Waals surface area contributed by atoms with Crippen LogP contribution in [0.2, 0.25) is 0 Å². The van der Waals surface area contributed by atoms with E-state index in [9.17, 15) is 9.59 Å². The summed E-state index contributed by atoms with van der Waals surface area (Å²) in [4.78, 5) is 22.1. The highest BCUT2D eigenvalue weighted by Crippen LogP contribution is 2.12. The second-order valence-corrected chi connectivity index (χ2v) is 3.79. The molecule has 2 N–H and O–H groups in total. The van der Waals surface area contributed by atoms with E-state index in [0.717, 1.165) is 11.3 Å². The van der Waals surface area contributed by atoms with Crippen molar-refractivity contribution in [3.05, 3.63) is 29.8 Å². The van der Waals surface area contributed by atoms with Crippen LogP contribution in [0.3, 0.4) is 0 Å². The monoisotopic (exact) mass is 266 g/mol. The van der Waals surface area contributed by atoms with Gasteiger partial charge in [-0.15, -0.1) is 0 Å². The lowest BCUT2D eigenvalue weighted by molar-refractivity contribution is -0.139. The second-order valence-electron chi connectivity index (χ2n) is 3.79. The molecule has 0 aliphatic carbocycles.